The predicted octanol–water partition coefficient (Wildman–Crippen LogP) is 1.62. The van der Waals surface area contributed by atoms with Crippen LogP contribution in [0.1, 0.15) is 6.92 Å². The molecule has 0 radical (unpaired) electrons. The van der Waals surface area contributed by atoms with Gasteiger partial charge in [-0.2, -0.15) is 9.90 Å². The second kappa shape index (κ2) is 3.53. The molecule has 2 aromatic heterocycles. The molecule has 2 rings (SSSR count). The van der Waals surface area contributed by atoms with Crippen molar-refractivity contribution < 1.29 is 4.74 Å². The Balaban J connectivity index is 2.74. The minimum Gasteiger partial charge on any atom is -0.479 e. The summed E-state index contributed by atoms with van der Waals surface area (Å²) < 4.78 is 5.92. The van der Waals surface area contributed by atoms with Crippen LogP contribution in [-0.2, 0) is 6.54 Å². The summed E-state index contributed by atoms with van der Waals surface area (Å²) in [7, 11) is 1.57. The molecule has 0 amide bonds. The molecule has 0 N–H and O–H groups in total. The molecule has 0 unspecified atom stereocenters. The second-order valence-electron chi connectivity index (χ2n) is 2.70. The Labute approximate surface area is 89.2 Å². The maximum absolute atomic E-state index is 5.09. The van der Waals surface area contributed by atoms with E-state index < -0.39 is 0 Å². The number of hydrogen-bond acceptors (Lipinski definition) is 4. The lowest BCUT2D eigenvalue weighted by Gasteiger charge is -1.97. The summed E-state index contributed by atoms with van der Waals surface area (Å²) in [5.74, 6) is 0.503. The largest absolute Gasteiger partial charge is 0.479 e. The molecule has 2 heterocycles. The fourth-order valence-electron chi connectivity index (χ4n) is 1.18. The first-order valence-electron chi connectivity index (χ1n) is 4.19. The molecule has 0 atom stereocenters. The van der Waals surface area contributed by atoms with Gasteiger partial charge in [0.25, 0.3) is 0 Å². The molecule has 0 saturated heterocycles. The first kappa shape index (κ1) is 9.39. The van der Waals surface area contributed by atoms with Gasteiger partial charge in [-0.1, -0.05) is 0 Å². The maximum Gasteiger partial charge on any atom is 0.244 e. The lowest BCUT2D eigenvalue weighted by molar-refractivity contribution is 0.401. The quantitative estimate of drug-likeness (QED) is 0.820. The average molecular weight is 257 g/mol. The third kappa shape index (κ3) is 1.35. The van der Waals surface area contributed by atoms with Crippen molar-refractivity contribution in [3.63, 3.8) is 0 Å². The number of fused-ring (bicyclic) bond motifs is 1. The summed E-state index contributed by atoms with van der Waals surface area (Å²) in [6.45, 7) is 2.71. The molecule has 0 aliphatic carbocycles. The third-order valence-electron chi connectivity index (χ3n) is 1.86. The minimum absolute atomic E-state index is 0.503. The van der Waals surface area contributed by atoms with E-state index in [0.29, 0.717) is 11.4 Å². The Morgan fingerprint density at radius 1 is 1.43 bits per heavy atom. The van der Waals surface area contributed by atoms with Gasteiger partial charge in [0, 0.05) is 6.20 Å². The smallest absolute Gasteiger partial charge is 0.244 e. The number of nitrogens with zero attached hydrogens (tertiary/aromatic N) is 4. The molecular weight excluding hydrogens is 248 g/mol. The number of hydrogen-bond donors (Lipinski definition) is 0. The Kier molecular flexibility index (Phi) is 2.37. The van der Waals surface area contributed by atoms with Crippen LogP contribution in [0.3, 0.4) is 0 Å². The molecule has 6 heteroatoms. The van der Waals surface area contributed by atoms with Crippen LogP contribution in [0.25, 0.3) is 11.0 Å². The monoisotopic (exact) mass is 256 g/mol. The summed E-state index contributed by atoms with van der Waals surface area (Å²) >= 11 is 3.37. The maximum atomic E-state index is 5.09. The Hall–Kier alpha value is -1.17. The van der Waals surface area contributed by atoms with Gasteiger partial charge in [0.1, 0.15) is 5.52 Å². The van der Waals surface area contributed by atoms with E-state index >= 15 is 0 Å². The zero-order chi connectivity index (χ0) is 10.1. The zero-order valence-electron chi connectivity index (χ0n) is 7.86. The fraction of sp³-hybridized carbons (Fsp3) is 0.375. The van der Waals surface area contributed by atoms with Gasteiger partial charge in [0.15, 0.2) is 5.52 Å². The van der Waals surface area contributed by atoms with Crippen molar-refractivity contribution in [2.24, 2.45) is 0 Å². The van der Waals surface area contributed by atoms with Gasteiger partial charge in [0.2, 0.25) is 5.88 Å². The lowest BCUT2D eigenvalue weighted by Crippen LogP contribution is -1.97. The van der Waals surface area contributed by atoms with Crippen molar-refractivity contribution in [3.05, 3.63) is 10.7 Å². The second-order valence-corrected chi connectivity index (χ2v) is 3.56. The Morgan fingerprint density at radius 3 is 2.79 bits per heavy atom. The van der Waals surface area contributed by atoms with E-state index in [1.54, 1.807) is 18.1 Å². The molecule has 2 aromatic rings. The highest BCUT2D eigenvalue weighted by atomic mass is 79.9. The van der Waals surface area contributed by atoms with E-state index in [9.17, 15) is 0 Å². The van der Waals surface area contributed by atoms with Crippen LogP contribution in [0.2, 0.25) is 0 Å². The molecule has 0 saturated carbocycles. The molecule has 0 aliphatic rings. The normalized spacial score (nSPS) is 10.8. The average Bonchev–Trinajstić information content (AvgIpc) is 2.63. The van der Waals surface area contributed by atoms with Crippen molar-refractivity contribution in [3.8, 4) is 5.88 Å². The molecule has 14 heavy (non-hydrogen) atoms. The first-order valence-corrected chi connectivity index (χ1v) is 4.99. The van der Waals surface area contributed by atoms with Gasteiger partial charge in [0.05, 0.1) is 18.1 Å². The Morgan fingerprint density at radius 2 is 2.14 bits per heavy atom. The van der Waals surface area contributed by atoms with Crippen LogP contribution in [0, 0.1) is 0 Å². The zero-order valence-corrected chi connectivity index (χ0v) is 9.45. The van der Waals surface area contributed by atoms with E-state index in [1.807, 2.05) is 6.92 Å². The van der Waals surface area contributed by atoms with E-state index in [0.717, 1.165) is 16.5 Å². The van der Waals surface area contributed by atoms with Crippen molar-refractivity contribution in [2.75, 3.05) is 7.11 Å². The van der Waals surface area contributed by atoms with Gasteiger partial charge >= 0.3 is 0 Å². The van der Waals surface area contributed by atoms with Crippen LogP contribution < -0.4 is 4.74 Å². The van der Waals surface area contributed by atoms with Crippen molar-refractivity contribution >= 4 is 27.0 Å². The summed E-state index contributed by atoms with van der Waals surface area (Å²) in [6.07, 6.45) is 1.66. The molecule has 5 nitrogen and oxygen atoms in total. The molecule has 0 fully saturated rings. The van der Waals surface area contributed by atoms with Crippen LogP contribution in [-0.4, -0.2) is 27.1 Å². The van der Waals surface area contributed by atoms with Gasteiger partial charge in [-0.25, -0.2) is 4.98 Å². The standard InChI is InChI=1S/C8H9BrN4O/c1-3-13-11-6-5(9)4-10-8(14-2)7(6)12-13/h4H,3H2,1-2H3. The number of pyridine rings is 1. The van der Waals surface area contributed by atoms with E-state index in [1.165, 1.54) is 0 Å². The molecule has 0 aliphatic heterocycles. The van der Waals surface area contributed by atoms with E-state index in [4.69, 9.17) is 4.74 Å². The summed E-state index contributed by atoms with van der Waals surface area (Å²) in [5.41, 5.74) is 1.46. The van der Waals surface area contributed by atoms with Crippen LogP contribution in [0.15, 0.2) is 10.7 Å². The number of methoxy groups -OCH3 is 1. The van der Waals surface area contributed by atoms with Crippen molar-refractivity contribution in [1.82, 2.24) is 20.0 Å². The summed E-state index contributed by atoms with van der Waals surface area (Å²) in [4.78, 5) is 5.70. The van der Waals surface area contributed by atoms with Crippen LogP contribution in [0.5, 0.6) is 5.88 Å². The van der Waals surface area contributed by atoms with Gasteiger partial charge < -0.3 is 4.74 Å². The van der Waals surface area contributed by atoms with Crippen molar-refractivity contribution in [2.45, 2.75) is 13.5 Å². The molecule has 74 valence electrons. The number of ether oxygens (including phenoxy) is 1. The fourth-order valence-corrected chi connectivity index (χ4v) is 1.55. The highest BCUT2D eigenvalue weighted by Crippen LogP contribution is 2.25. The Bertz CT molecular complexity index is 468. The van der Waals surface area contributed by atoms with E-state index in [2.05, 4.69) is 31.1 Å². The SMILES string of the molecule is CCn1nc2c(Br)cnc(OC)c2n1. The third-order valence-corrected chi connectivity index (χ3v) is 2.44. The highest BCUT2D eigenvalue weighted by Gasteiger charge is 2.11. The number of aryl methyl sites for hydroxylation is 1. The van der Waals surface area contributed by atoms with Gasteiger partial charge in [-0.05, 0) is 22.9 Å². The van der Waals surface area contributed by atoms with Crippen molar-refractivity contribution in [1.29, 1.82) is 0 Å². The van der Waals surface area contributed by atoms with Gasteiger partial charge in [-0.3, -0.25) is 0 Å². The predicted molar refractivity (Wildman–Crippen MR) is 55.2 cm³/mol. The van der Waals surface area contributed by atoms with Gasteiger partial charge in [-0.15, -0.1) is 5.10 Å². The highest BCUT2D eigenvalue weighted by molar-refractivity contribution is 9.10. The molecular formula is C8H9BrN4O. The number of rotatable bonds is 2. The summed E-state index contributed by atoms with van der Waals surface area (Å²) in [5, 5.41) is 8.53. The van der Waals surface area contributed by atoms with E-state index in [-0.39, 0.29) is 0 Å². The molecule has 0 aromatic carbocycles. The lowest BCUT2D eigenvalue weighted by atomic mass is 10.4. The summed E-state index contributed by atoms with van der Waals surface area (Å²) in [6, 6.07) is 0. The van der Waals surface area contributed by atoms with Crippen LogP contribution >= 0.6 is 15.9 Å². The molecule has 0 bridgehead atoms. The number of aromatic nitrogens is 4. The molecule has 0 spiro atoms. The minimum atomic E-state index is 0.503. The first-order chi connectivity index (χ1) is 6.76. The number of halogens is 1. The topological polar surface area (TPSA) is 52.8 Å². The van der Waals surface area contributed by atoms with Crippen LogP contribution in [0.4, 0.5) is 0 Å².